The highest BCUT2D eigenvalue weighted by Gasteiger charge is 2.24. The van der Waals surface area contributed by atoms with Crippen LogP contribution >= 0.6 is 0 Å². The van der Waals surface area contributed by atoms with Crippen molar-refractivity contribution in [2.24, 2.45) is 11.8 Å². The second-order valence-corrected chi connectivity index (χ2v) is 12.0. The first kappa shape index (κ1) is 25.4. The lowest BCUT2D eigenvalue weighted by atomic mass is 10.0. The molecule has 35 heavy (non-hydrogen) atoms. The van der Waals surface area contributed by atoms with Gasteiger partial charge in [-0.25, -0.2) is 8.42 Å². The molecule has 0 amide bonds. The Morgan fingerprint density at radius 2 is 1.09 bits per heavy atom. The Labute approximate surface area is 207 Å². The third-order valence-corrected chi connectivity index (χ3v) is 8.97. The van der Waals surface area contributed by atoms with Crippen molar-refractivity contribution in [2.45, 2.75) is 87.8 Å². The number of carbonyl (C=O) groups excluding carboxylic acids is 2. The summed E-state index contributed by atoms with van der Waals surface area (Å²) in [5.41, 5.74) is 1.17. The van der Waals surface area contributed by atoms with Crippen LogP contribution in [0.15, 0.2) is 46.2 Å². The Bertz CT molecular complexity index is 1100. The number of ether oxygens (including phenoxy) is 2. The summed E-state index contributed by atoms with van der Waals surface area (Å²) < 4.78 is 37.5. The van der Waals surface area contributed by atoms with Crippen LogP contribution in [0.2, 0.25) is 0 Å². The molecule has 0 bridgehead atoms. The van der Waals surface area contributed by atoms with Crippen LogP contribution < -0.4 is 9.47 Å². The fraction of sp³-hybridized carbons (Fsp3) is 0.500. The van der Waals surface area contributed by atoms with Crippen LogP contribution in [0.3, 0.4) is 0 Å². The number of esters is 2. The molecule has 0 saturated heterocycles. The minimum Gasteiger partial charge on any atom is -0.426 e. The van der Waals surface area contributed by atoms with Gasteiger partial charge >= 0.3 is 11.9 Å². The van der Waals surface area contributed by atoms with Gasteiger partial charge in [0, 0.05) is 12.8 Å². The van der Waals surface area contributed by atoms with Crippen LogP contribution in [-0.4, -0.2) is 20.4 Å². The maximum Gasteiger partial charge on any atom is 0.311 e. The zero-order valence-corrected chi connectivity index (χ0v) is 21.4. The summed E-state index contributed by atoms with van der Waals surface area (Å²) in [6.07, 6.45) is 9.67. The van der Waals surface area contributed by atoms with E-state index in [9.17, 15) is 18.0 Å². The van der Waals surface area contributed by atoms with Gasteiger partial charge in [-0.05, 0) is 98.9 Å². The molecule has 2 aromatic carbocycles. The molecule has 7 heteroatoms. The van der Waals surface area contributed by atoms with Crippen molar-refractivity contribution in [3.05, 3.63) is 47.5 Å². The quantitative estimate of drug-likeness (QED) is 0.322. The number of rotatable bonds is 8. The van der Waals surface area contributed by atoms with Crippen molar-refractivity contribution in [3.8, 4) is 11.5 Å². The molecule has 0 N–H and O–H groups in total. The van der Waals surface area contributed by atoms with Crippen molar-refractivity contribution < 1.29 is 27.5 Å². The van der Waals surface area contributed by atoms with E-state index in [1.807, 2.05) is 0 Å². The third kappa shape index (κ3) is 6.31. The van der Waals surface area contributed by atoms with E-state index >= 15 is 0 Å². The van der Waals surface area contributed by atoms with Crippen molar-refractivity contribution in [2.75, 3.05) is 0 Å². The average Bonchev–Trinajstić information content (AvgIpc) is 3.51. The smallest absolute Gasteiger partial charge is 0.311 e. The van der Waals surface area contributed by atoms with Gasteiger partial charge in [0.1, 0.15) is 11.5 Å². The summed E-state index contributed by atoms with van der Waals surface area (Å²) in [6.45, 7) is 3.46. The van der Waals surface area contributed by atoms with Gasteiger partial charge in [0.25, 0.3) is 0 Å². The molecule has 2 aliphatic carbocycles. The molecule has 0 aromatic heterocycles. The van der Waals surface area contributed by atoms with E-state index in [1.165, 1.54) is 24.3 Å². The molecule has 6 nitrogen and oxygen atoms in total. The van der Waals surface area contributed by atoms with Crippen LogP contribution in [-0.2, 0) is 19.4 Å². The molecular weight excluding hydrogens is 464 g/mol. The Balaban J connectivity index is 1.43. The molecule has 0 spiro atoms. The van der Waals surface area contributed by atoms with Gasteiger partial charge < -0.3 is 9.47 Å². The molecule has 2 saturated carbocycles. The van der Waals surface area contributed by atoms with Crippen molar-refractivity contribution in [1.29, 1.82) is 0 Å². The Hall–Kier alpha value is -2.67. The molecule has 0 heterocycles. The average molecular weight is 499 g/mol. The normalized spacial score (nSPS) is 17.0. The second kappa shape index (κ2) is 10.9. The topological polar surface area (TPSA) is 86.7 Å². The molecule has 2 aromatic rings. The number of aryl methyl sites for hydroxylation is 2. The molecule has 2 fully saturated rings. The summed E-state index contributed by atoms with van der Waals surface area (Å²) >= 11 is 0. The SMILES string of the molecule is Cc1cc(S(=O)(=O)c2ccc(OC(=O)CC3CCCC3)c(C)c2)ccc1OC(=O)CC1CCCC1. The van der Waals surface area contributed by atoms with Crippen LogP contribution in [0.1, 0.15) is 75.3 Å². The van der Waals surface area contributed by atoms with Crippen LogP contribution in [0.5, 0.6) is 11.5 Å². The number of hydrogen-bond donors (Lipinski definition) is 0. The Morgan fingerprint density at radius 3 is 1.43 bits per heavy atom. The number of sulfone groups is 1. The van der Waals surface area contributed by atoms with Gasteiger partial charge in [-0.2, -0.15) is 0 Å². The zero-order valence-electron chi connectivity index (χ0n) is 20.5. The summed E-state index contributed by atoms with van der Waals surface area (Å²) in [5.74, 6) is 0.986. The van der Waals surface area contributed by atoms with E-state index in [4.69, 9.17) is 9.47 Å². The fourth-order valence-electron chi connectivity index (χ4n) is 5.17. The number of benzene rings is 2. The fourth-order valence-corrected chi connectivity index (χ4v) is 6.60. The molecule has 0 atom stereocenters. The van der Waals surface area contributed by atoms with Gasteiger partial charge in [0.2, 0.25) is 9.84 Å². The molecule has 2 aliphatic rings. The maximum atomic E-state index is 13.3. The molecule has 0 radical (unpaired) electrons. The van der Waals surface area contributed by atoms with E-state index in [1.54, 1.807) is 26.0 Å². The summed E-state index contributed by atoms with van der Waals surface area (Å²) in [6, 6.07) is 9.06. The summed E-state index contributed by atoms with van der Waals surface area (Å²) in [5, 5.41) is 0. The molecule has 188 valence electrons. The highest BCUT2D eigenvalue weighted by molar-refractivity contribution is 7.91. The van der Waals surface area contributed by atoms with Crippen LogP contribution in [0, 0.1) is 25.7 Å². The van der Waals surface area contributed by atoms with Gasteiger partial charge in [-0.15, -0.1) is 0 Å². The summed E-state index contributed by atoms with van der Waals surface area (Å²) in [4.78, 5) is 24.8. The van der Waals surface area contributed by atoms with Crippen LogP contribution in [0.4, 0.5) is 0 Å². The lowest BCUT2D eigenvalue weighted by Gasteiger charge is -2.13. The van der Waals surface area contributed by atoms with E-state index < -0.39 is 9.84 Å². The highest BCUT2D eigenvalue weighted by Crippen LogP contribution is 2.32. The largest absolute Gasteiger partial charge is 0.426 e. The number of carbonyl (C=O) groups is 2. The van der Waals surface area contributed by atoms with E-state index in [0.29, 0.717) is 47.3 Å². The monoisotopic (exact) mass is 498 g/mol. The van der Waals surface area contributed by atoms with Crippen LogP contribution in [0.25, 0.3) is 0 Å². The first-order chi connectivity index (χ1) is 16.7. The van der Waals surface area contributed by atoms with Gasteiger partial charge in [0.05, 0.1) is 9.79 Å². The first-order valence-electron chi connectivity index (χ1n) is 12.6. The molecule has 0 aliphatic heterocycles. The van der Waals surface area contributed by atoms with E-state index in [0.717, 1.165) is 51.4 Å². The lowest BCUT2D eigenvalue weighted by molar-refractivity contribution is -0.136. The first-order valence-corrected chi connectivity index (χ1v) is 14.1. The molecule has 0 unspecified atom stereocenters. The Kier molecular flexibility index (Phi) is 7.95. The van der Waals surface area contributed by atoms with Crippen molar-refractivity contribution >= 4 is 21.8 Å². The maximum absolute atomic E-state index is 13.3. The van der Waals surface area contributed by atoms with E-state index in [2.05, 4.69) is 0 Å². The molecule has 4 rings (SSSR count). The zero-order chi connectivity index (χ0) is 25.0. The van der Waals surface area contributed by atoms with Crippen molar-refractivity contribution in [3.63, 3.8) is 0 Å². The van der Waals surface area contributed by atoms with E-state index in [-0.39, 0.29) is 21.7 Å². The highest BCUT2D eigenvalue weighted by atomic mass is 32.2. The minimum absolute atomic E-state index is 0.121. The Morgan fingerprint density at radius 1 is 0.714 bits per heavy atom. The lowest BCUT2D eigenvalue weighted by Crippen LogP contribution is -2.13. The third-order valence-electron chi connectivity index (χ3n) is 7.22. The van der Waals surface area contributed by atoms with Gasteiger partial charge in [-0.1, -0.05) is 25.7 Å². The van der Waals surface area contributed by atoms with Gasteiger partial charge in [0.15, 0.2) is 0 Å². The van der Waals surface area contributed by atoms with Gasteiger partial charge in [-0.3, -0.25) is 9.59 Å². The minimum atomic E-state index is -3.79. The molecular formula is C28H34O6S. The predicted octanol–water partition coefficient (Wildman–Crippen LogP) is 6.11. The number of hydrogen-bond acceptors (Lipinski definition) is 6. The standard InChI is InChI=1S/C28H34O6S/c1-19-15-23(11-13-25(19)33-27(29)17-21-7-3-4-8-21)35(31,32)24-12-14-26(20(2)16-24)34-28(30)18-22-9-5-6-10-22/h11-16,21-22H,3-10,17-18H2,1-2H3. The summed E-state index contributed by atoms with van der Waals surface area (Å²) in [7, 11) is -3.79. The predicted molar refractivity (Wildman–Crippen MR) is 132 cm³/mol. The second-order valence-electron chi connectivity index (χ2n) is 10.0. The van der Waals surface area contributed by atoms with Crippen molar-refractivity contribution in [1.82, 2.24) is 0 Å².